The van der Waals surface area contributed by atoms with Crippen LogP contribution in [0.15, 0.2) is 54.6 Å². The molecule has 1 fully saturated rings. The van der Waals surface area contributed by atoms with Crippen LogP contribution in [0.5, 0.6) is 5.75 Å². The van der Waals surface area contributed by atoms with E-state index in [2.05, 4.69) is 46.6 Å². The molecule has 1 aliphatic heterocycles. The Hall–Kier alpha value is -2.53. The van der Waals surface area contributed by atoms with Gasteiger partial charge in [-0.3, -0.25) is 4.90 Å². The number of hydrogen-bond donors (Lipinski definition) is 2. The largest absolute Gasteiger partial charge is 0.494 e. The smallest absolute Gasteiger partial charge is 0.404 e. The van der Waals surface area contributed by atoms with E-state index in [1.807, 2.05) is 18.2 Å². The highest BCUT2D eigenvalue weighted by Crippen LogP contribution is 2.17. The SMILES string of the molecule is O=C(O)NC1CCN(Cc2ccc(OCCCc3ccccc3)cc2)CC1. The number of piperidine rings is 1. The van der Waals surface area contributed by atoms with E-state index < -0.39 is 6.09 Å². The van der Waals surface area contributed by atoms with E-state index in [1.54, 1.807) is 0 Å². The first-order valence-electron chi connectivity index (χ1n) is 9.66. The Morgan fingerprint density at radius 3 is 2.41 bits per heavy atom. The highest BCUT2D eigenvalue weighted by molar-refractivity contribution is 5.64. The van der Waals surface area contributed by atoms with Crippen molar-refractivity contribution < 1.29 is 14.6 Å². The van der Waals surface area contributed by atoms with Gasteiger partial charge in [-0.25, -0.2) is 4.79 Å². The number of benzene rings is 2. The van der Waals surface area contributed by atoms with Crippen molar-refractivity contribution in [2.45, 2.75) is 38.3 Å². The molecule has 3 rings (SSSR count). The zero-order valence-corrected chi connectivity index (χ0v) is 15.6. The van der Waals surface area contributed by atoms with E-state index in [9.17, 15) is 4.79 Å². The van der Waals surface area contributed by atoms with Crippen molar-refractivity contribution in [1.82, 2.24) is 10.2 Å². The van der Waals surface area contributed by atoms with E-state index in [0.717, 1.165) is 57.7 Å². The second-order valence-corrected chi connectivity index (χ2v) is 7.08. The van der Waals surface area contributed by atoms with Gasteiger partial charge in [0.1, 0.15) is 5.75 Å². The molecule has 1 saturated heterocycles. The first-order valence-corrected chi connectivity index (χ1v) is 9.66. The van der Waals surface area contributed by atoms with Crippen molar-refractivity contribution >= 4 is 6.09 Å². The van der Waals surface area contributed by atoms with Crippen molar-refractivity contribution in [3.63, 3.8) is 0 Å². The van der Waals surface area contributed by atoms with Gasteiger partial charge in [-0.2, -0.15) is 0 Å². The first-order chi connectivity index (χ1) is 13.2. The fourth-order valence-corrected chi connectivity index (χ4v) is 3.47. The number of carbonyl (C=O) groups is 1. The lowest BCUT2D eigenvalue weighted by molar-refractivity contribution is 0.165. The second-order valence-electron chi connectivity index (χ2n) is 7.08. The molecule has 0 atom stereocenters. The highest BCUT2D eigenvalue weighted by atomic mass is 16.5. The molecule has 0 spiro atoms. The van der Waals surface area contributed by atoms with Crippen molar-refractivity contribution in [3.8, 4) is 5.75 Å². The summed E-state index contributed by atoms with van der Waals surface area (Å²) in [5, 5.41) is 11.4. The maximum absolute atomic E-state index is 10.7. The molecule has 27 heavy (non-hydrogen) atoms. The Bertz CT molecular complexity index is 695. The van der Waals surface area contributed by atoms with Crippen LogP contribution in [0, 0.1) is 0 Å². The maximum atomic E-state index is 10.7. The molecule has 2 N–H and O–H groups in total. The van der Waals surface area contributed by atoms with Gasteiger partial charge < -0.3 is 15.2 Å². The Labute approximate surface area is 161 Å². The molecule has 2 aromatic carbocycles. The zero-order chi connectivity index (χ0) is 18.9. The van der Waals surface area contributed by atoms with Crippen LogP contribution in [-0.4, -0.2) is 41.8 Å². The average Bonchev–Trinajstić information content (AvgIpc) is 2.68. The van der Waals surface area contributed by atoms with Gasteiger partial charge in [0.15, 0.2) is 0 Å². The van der Waals surface area contributed by atoms with E-state index in [1.165, 1.54) is 11.1 Å². The molecule has 0 saturated carbocycles. The Kier molecular flexibility index (Phi) is 7.11. The van der Waals surface area contributed by atoms with Gasteiger partial charge in [-0.05, 0) is 48.9 Å². The van der Waals surface area contributed by atoms with E-state index in [-0.39, 0.29) is 6.04 Å². The number of likely N-dealkylation sites (tertiary alicyclic amines) is 1. The van der Waals surface area contributed by atoms with Crippen LogP contribution in [0.4, 0.5) is 4.79 Å². The van der Waals surface area contributed by atoms with Crippen LogP contribution < -0.4 is 10.1 Å². The molecule has 0 aromatic heterocycles. The first kappa shape index (κ1) is 19.2. The second kappa shape index (κ2) is 9.97. The standard InChI is InChI=1S/C22H28N2O3/c25-22(26)23-20-12-14-24(15-13-20)17-19-8-10-21(11-9-19)27-16-4-7-18-5-2-1-3-6-18/h1-3,5-6,8-11,20,23H,4,7,12-17H2,(H,25,26). The molecule has 0 unspecified atom stereocenters. The summed E-state index contributed by atoms with van der Waals surface area (Å²) >= 11 is 0. The third-order valence-corrected chi connectivity index (χ3v) is 4.97. The lowest BCUT2D eigenvalue weighted by Crippen LogP contribution is -2.43. The molecule has 1 heterocycles. The number of nitrogens with one attached hydrogen (secondary N) is 1. The molecule has 5 heteroatoms. The molecule has 0 bridgehead atoms. The van der Waals surface area contributed by atoms with E-state index >= 15 is 0 Å². The molecular weight excluding hydrogens is 340 g/mol. The van der Waals surface area contributed by atoms with Gasteiger partial charge >= 0.3 is 6.09 Å². The Morgan fingerprint density at radius 2 is 1.74 bits per heavy atom. The molecule has 2 aromatic rings. The quantitative estimate of drug-likeness (QED) is 0.693. The lowest BCUT2D eigenvalue weighted by Gasteiger charge is -2.31. The van der Waals surface area contributed by atoms with Crippen LogP contribution >= 0.6 is 0 Å². The number of ether oxygens (including phenoxy) is 1. The summed E-state index contributed by atoms with van der Waals surface area (Å²) in [6.45, 7) is 3.46. The molecule has 0 radical (unpaired) electrons. The summed E-state index contributed by atoms with van der Waals surface area (Å²) < 4.78 is 5.85. The van der Waals surface area contributed by atoms with Gasteiger partial charge in [0.05, 0.1) is 6.61 Å². The number of nitrogens with zero attached hydrogens (tertiary/aromatic N) is 1. The monoisotopic (exact) mass is 368 g/mol. The van der Waals surface area contributed by atoms with Crippen molar-refractivity contribution in [2.24, 2.45) is 0 Å². The van der Waals surface area contributed by atoms with Crippen molar-refractivity contribution in [3.05, 3.63) is 65.7 Å². The van der Waals surface area contributed by atoms with Crippen LogP contribution in [0.3, 0.4) is 0 Å². The minimum absolute atomic E-state index is 0.0883. The normalized spacial score (nSPS) is 15.4. The van der Waals surface area contributed by atoms with Crippen LogP contribution in [0.1, 0.15) is 30.4 Å². The molecule has 5 nitrogen and oxygen atoms in total. The number of aryl methyl sites for hydroxylation is 1. The van der Waals surface area contributed by atoms with E-state index in [4.69, 9.17) is 9.84 Å². The Balaban J connectivity index is 1.36. The third kappa shape index (κ3) is 6.61. The molecule has 144 valence electrons. The summed E-state index contributed by atoms with van der Waals surface area (Å²) in [7, 11) is 0. The van der Waals surface area contributed by atoms with E-state index in [0.29, 0.717) is 0 Å². The Morgan fingerprint density at radius 1 is 1.04 bits per heavy atom. The summed E-state index contributed by atoms with van der Waals surface area (Å²) in [5.41, 5.74) is 2.61. The fraction of sp³-hybridized carbons (Fsp3) is 0.409. The van der Waals surface area contributed by atoms with Gasteiger partial charge in [-0.1, -0.05) is 42.5 Å². The summed E-state index contributed by atoms with van der Waals surface area (Å²) in [5.74, 6) is 0.913. The van der Waals surface area contributed by atoms with Gasteiger partial charge in [0.25, 0.3) is 0 Å². The number of carboxylic acid groups (broad SMARTS) is 1. The number of amides is 1. The fourth-order valence-electron chi connectivity index (χ4n) is 3.47. The van der Waals surface area contributed by atoms with Crippen LogP contribution in [-0.2, 0) is 13.0 Å². The minimum Gasteiger partial charge on any atom is -0.494 e. The minimum atomic E-state index is -0.923. The lowest BCUT2D eigenvalue weighted by atomic mass is 10.0. The highest BCUT2D eigenvalue weighted by Gasteiger charge is 2.20. The number of hydrogen-bond acceptors (Lipinski definition) is 3. The number of rotatable bonds is 8. The average molecular weight is 368 g/mol. The third-order valence-electron chi connectivity index (χ3n) is 4.97. The summed E-state index contributed by atoms with van der Waals surface area (Å²) in [6, 6.07) is 18.9. The molecule has 1 aliphatic rings. The molecule has 1 amide bonds. The molecule has 0 aliphatic carbocycles. The van der Waals surface area contributed by atoms with Crippen LogP contribution in [0.25, 0.3) is 0 Å². The van der Waals surface area contributed by atoms with Gasteiger partial charge in [-0.15, -0.1) is 0 Å². The van der Waals surface area contributed by atoms with Crippen molar-refractivity contribution in [1.29, 1.82) is 0 Å². The maximum Gasteiger partial charge on any atom is 0.404 e. The van der Waals surface area contributed by atoms with Crippen molar-refractivity contribution in [2.75, 3.05) is 19.7 Å². The summed E-state index contributed by atoms with van der Waals surface area (Å²) in [6.07, 6.45) is 2.85. The predicted molar refractivity (Wildman–Crippen MR) is 106 cm³/mol. The zero-order valence-electron chi connectivity index (χ0n) is 15.6. The topological polar surface area (TPSA) is 61.8 Å². The van der Waals surface area contributed by atoms with Gasteiger partial charge in [0.2, 0.25) is 0 Å². The van der Waals surface area contributed by atoms with Crippen LogP contribution in [0.2, 0.25) is 0 Å². The summed E-state index contributed by atoms with van der Waals surface area (Å²) in [4.78, 5) is 13.1. The molecular formula is C22H28N2O3. The predicted octanol–water partition coefficient (Wildman–Crippen LogP) is 3.93. The van der Waals surface area contributed by atoms with Gasteiger partial charge in [0, 0.05) is 25.7 Å².